The SMILES string of the molecule is CCCn1c(SCc2csc(C)n2)nc2cc(Cl)ccc2c1=O. The molecule has 0 atom stereocenters. The van der Waals surface area contributed by atoms with Crippen LogP contribution in [0.2, 0.25) is 5.02 Å². The number of nitrogens with zero attached hydrogens (tertiary/aromatic N) is 3. The topological polar surface area (TPSA) is 47.8 Å². The van der Waals surface area contributed by atoms with Crippen LogP contribution in [0.1, 0.15) is 24.0 Å². The van der Waals surface area contributed by atoms with Crippen LogP contribution in [0.25, 0.3) is 10.9 Å². The van der Waals surface area contributed by atoms with Crippen LogP contribution < -0.4 is 5.56 Å². The summed E-state index contributed by atoms with van der Waals surface area (Å²) in [6.45, 7) is 4.70. The van der Waals surface area contributed by atoms with Crippen LogP contribution in [0.15, 0.2) is 33.5 Å². The Kier molecular flexibility index (Phi) is 5.04. The van der Waals surface area contributed by atoms with E-state index in [4.69, 9.17) is 11.6 Å². The molecule has 0 bridgehead atoms. The Morgan fingerprint density at radius 1 is 1.35 bits per heavy atom. The van der Waals surface area contributed by atoms with Gasteiger partial charge in [-0.25, -0.2) is 9.97 Å². The molecule has 0 fully saturated rings. The van der Waals surface area contributed by atoms with Crippen molar-refractivity contribution in [1.29, 1.82) is 0 Å². The van der Waals surface area contributed by atoms with Gasteiger partial charge in [-0.3, -0.25) is 9.36 Å². The van der Waals surface area contributed by atoms with Crippen molar-refractivity contribution in [2.45, 2.75) is 37.7 Å². The molecule has 0 amide bonds. The number of hydrogen-bond donors (Lipinski definition) is 0. The molecule has 2 heterocycles. The van der Waals surface area contributed by atoms with Crippen LogP contribution in [0.3, 0.4) is 0 Å². The lowest BCUT2D eigenvalue weighted by molar-refractivity contribution is 0.584. The maximum atomic E-state index is 12.7. The highest BCUT2D eigenvalue weighted by Gasteiger charge is 2.12. The molecule has 0 aliphatic heterocycles. The Morgan fingerprint density at radius 3 is 2.87 bits per heavy atom. The van der Waals surface area contributed by atoms with E-state index in [1.165, 1.54) is 0 Å². The Labute approximate surface area is 147 Å². The lowest BCUT2D eigenvalue weighted by Crippen LogP contribution is -2.23. The molecule has 2 aromatic heterocycles. The summed E-state index contributed by atoms with van der Waals surface area (Å²) in [5, 5.41) is 5.00. The summed E-state index contributed by atoms with van der Waals surface area (Å²) in [6.07, 6.45) is 0.879. The molecule has 3 aromatic rings. The number of hydrogen-bond acceptors (Lipinski definition) is 5. The van der Waals surface area contributed by atoms with Gasteiger partial charge in [0, 0.05) is 22.7 Å². The van der Waals surface area contributed by atoms with Crippen molar-refractivity contribution in [2.24, 2.45) is 0 Å². The van der Waals surface area contributed by atoms with Crippen molar-refractivity contribution in [1.82, 2.24) is 14.5 Å². The van der Waals surface area contributed by atoms with Gasteiger partial charge in [0.05, 0.1) is 21.6 Å². The summed E-state index contributed by atoms with van der Waals surface area (Å²) in [7, 11) is 0. The monoisotopic (exact) mass is 365 g/mol. The zero-order valence-corrected chi connectivity index (χ0v) is 15.3. The Balaban J connectivity index is 2.02. The van der Waals surface area contributed by atoms with Crippen molar-refractivity contribution in [2.75, 3.05) is 0 Å². The van der Waals surface area contributed by atoms with E-state index in [9.17, 15) is 4.79 Å². The molecule has 1 aromatic carbocycles. The van der Waals surface area contributed by atoms with Gasteiger partial charge in [0.25, 0.3) is 5.56 Å². The molecular weight excluding hydrogens is 350 g/mol. The summed E-state index contributed by atoms with van der Waals surface area (Å²) in [4.78, 5) is 21.8. The molecule has 0 radical (unpaired) electrons. The lowest BCUT2D eigenvalue weighted by Gasteiger charge is -2.12. The van der Waals surface area contributed by atoms with Gasteiger partial charge in [-0.1, -0.05) is 30.3 Å². The van der Waals surface area contributed by atoms with Gasteiger partial charge >= 0.3 is 0 Å². The van der Waals surface area contributed by atoms with E-state index < -0.39 is 0 Å². The first kappa shape index (κ1) is 16.5. The lowest BCUT2D eigenvalue weighted by atomic mass is 10.2. The Morgan fingerprint density at radius 2 is 2.17 bits per heavy atom. The highest BCUT2D eigenvalue weighted by Crippen LogP contribution is 2.24. The summed E-state index contributed by atoms with van der Waals surface area (Å²) < 4.78 is 1.75. The molecule has 0 aliphatic carbocycles. The second kappa shape index (κ2) is 7.03. The summed E-state index contributed by atoms with van der Waals surface area (Å²) in [5.41, 5.74) is 1.65. The van der Waals surface area contributed by atoms with Gasteiger partial charge < -0.3 is 0 Å². The standard InChI is InChI=1S/C16H16ClN3OS2/c1-3-6-20-15(21)13-5-4-11(17)7-14(13)19-16(20)23-9-12-8-22-10(2)18-12/h4-5,7-8H,3,6,9H2,1-2H3. The van der Waals surface area contributed by atoms with Crippen molar-refractivity contribution in [3.63, 3.8) is 0 Å². The number of fused-ring (bicyclic) bond motifs is 1. The maximum absolute atomic E-state index is 12.7. The van der Waals surface area contributed by atoms with Crippen LogP contribution >= 0.6 is 34.7 Å². The van der Waals surface area contributed by atoms with Gasteiger partial charge in [-0.15, -0.1) is 11.3 Å². The number of benzene rings is 1. The average molecular weight is 366 g/mol. The van der Waals surface area contributed by atoms with E-state index in [1.807, 2.05) is 12.3 Å². The van der Waals surface area contributed by atoms with Crippen molar-refractivity contribution in [3.05, 3.63) is 49.7 Å². The molecule has 7 heteroatoms. The number of rotatable bonds is 5. The third-order valence-electron chi connectivity index (χ3n) is 3.35. The average Bonchev–Trinajstić information content (AvgIpc) is 2.94. The van der Waals surface area contributed by atoms with E-state index >= 15 is 0 Å². The van der Waals surface area contributed by atoms with Crippen LogP contribution in [-0.2, 0) is 12.3 Å². The Bertz CT molecular complexity index is 904. The second-order valence-corrected chi connectivity index (χ2v) is 7.60. The smallest absolute Gasteiger partial charge is 0.262 e. The minimum absolute atomic E-state index is 0.00882. The number of thioether (sulfide) groups is 1. The molecule has 0 unspecified atom stereocenters. The molecule has 0 N–H and O–H groups in total. The molecule has 0 saturated carbocycles. The van der Waals surface area contributed by atoms with Gasteiger partial charge in [-0.05, 0) is 31.5 Å². The predicted octanol–water partition coefficient (Wildman–Crippen LogP) is 4.52. The van der Waals surface area contributed by atoms with Gasteiger partial charge in [0.2, 0.25) is 0 Å². The fourth-order valence-electron chi connectivity index (χ4n) is 2.32. The fourth-order valence-corrected chi connectivity index (χ4v) is 4.12. The molecule has 23 heavy (non-hydrogen) atoms. The van der Waals surface area contributed by atoms with E-state index in [0.717, 1.165) is 22.3 Å². The normalized spacial score (nSPS) is 11.3. The largest absolute Gasteiger partial charge is 0.287 e. The van der Waals surface area contributed by atoms with E-state index in [-0.39, 0.29) is 5.56 Å². The van der Waals surface area contributed by atoms with Gasteiger partial charge in [0.15, 0.2) is 5.16 Å². The predicted molar refractivity (Wildman–Crippen MR) is 97.7 cm³/mol. The minimum Gasteiger partial charge on any atom is -0.287 e. The third kappa shape index (κ3) is 3.59. The number of thiazole rings is 1. The molecule has 0 spiro atoms. The first-order chi connectivity index (χ1) is 11.1. The second-order valence-electron chi connectivity index (χ2n) is 5.16. The highest BCUT2D eigenvalue weighted by molar-refractivity contribution is 7.98. The summed E-state index contributed by atoms with van der Waals surface area (Å²) in [5.74, 6) is 0.701. The van der Waals surface area contributed by atoms with E-state index in [2.05, 4.69) is 16.9 Å². The third-order valence-corrected chi connectivity index (χ3v) is 5.41. The van der Waals surface area contributed by atoms with Crippen molar-refractivity contribution < 1.29 is 0 Å². The number of aryl methyl sites for hydroxylation is 1. The molecular formula is C16H16ClN3OS2. The summed E-state index contributed by atoms with van der Waals surface area (Å²) >= 11 is 9.21. The van der Waals surface area contributed by atoms with Crippen LogP contribution in [-0.4, -0.2) is 14.5 Å². The van der Waals surface area contributed by atoms with Crippen LogP contribution in [0, 0.1) is 6.92 Å². The van der Waals surface area contributed by atoms with Crippen LogP contribution in [0.4, 0.5) is 0 Å². The molecule has 120 valence electrons. The number of aromatic nitrogens is 3. The fraction of sp³-hybridized carbons (Fsp3) is 0.312. The van der Waals surface area contributed by atoms with Gasteiger partial charge in [-0.2, -0.15) is 0 Å². The molecule has 0 aliphatic rings. The Hall–Kier alpha value is -1.37. The van der Waals surface area contributed by atoms with Crippen LogP contribution in [0.5, 0.6) is 0 Å². The van der Waals surface area contributed by atoms with Crippen molar-refractivity contribution >= 4 is 45.6 Å². The molecule has 3 rings (SSSR count). The number of halogens is 1. The zero-order valence-electron chi connectivity index (χ0n) is 12.9. The minimum atomic E-state index is -0.00882. The molecule has 4 nitrogen and oxygen atoms in total. The zero-order chi connectivity index (χ0) is 16.4. The van der Waals surface area contributed by atoms with E-state index in [1.54, 1.807) is 45.9 Å². The first-order valence-electron chi connectivity index (χ1n) is 7.32. The van der Waals surface area contributed by atoms with E-state index in [0.29, 0.717) is 28.2 Å². The first-order valence-corrected chi connectivity index (χ1v) is 9.56. The quantitative estimate of drug-likeness (QED) is 0.492. The highest BCUT2D eigenvalue weighted by atomic mass is 35.5. The van der Waals surface area contributed by atoms with Crippen molar-refractivity contribution in [3.8, 4) is 0 Å². The maximum Gasteiger partial charge on any atom is 0.262 e. The summed E-state index contributed by atoms with van der Waals surface area (Å²) in [6, 6.07) is 5.22. The molecule has 0 saturated heterocycles. The van der Waals surface area contributed by atoms with Gasteiger partial charge in [0.1, 0.15) is 0 Å².